The molecule has 0 unspecified atom stereocenters. The average molecular weight is 353 g/mol. The van der Waals surface area contributed by atoms with Gasteiger partial charge in [0.25, 0.3) is 0 Å². The zero-order valence-corrected chi connectivity index (χ0v) is 11.8. The number of hydrogen-bond acceptors (Lipinski definition) is 2. The molecule has 1 aromatic heterocycles. The van der Waals surface area contributed by atoms with E-state index in [2.05, 4.69) is 36.8 Å². The fraction of sp³-hybridized carbons (Fsp3) is 0. The van der Waals surface area contributed by atoms with E-state index in [0.717, 1.165) is 25.6 Å². The normalized spacial score (nSPS) is 10.9. The summed E-state index contributed by atoms with van der Waals surface area (Å²) in [6.45, 7) is 0. The molecule has 0 aliphatic carbocycles. The zero-order valence-electron chi connectivity index (χ0n) is 8.65. The molecule has 0 spiro atoms. The second-order valence-electron chi connectivity index (χ2n) is 3.64. The highest BCUT2D eigenvalue weighted by Crippen LogP contribution is 2.27. The van der Waals surface area contributed by atoms with Crippen molar-refractivity contribution in [1.82, 2.24) is 4.98 Å². The summed E-state index contributed by atoms with van der Waals surface area (Å²) in [7, 11) is 0. The number of halogens is 2. The predicted molar refractivity (Wildman–Crippen MR) is 74.8 cm³/mol. The van der Waals surface area contributed by atoms with Crippen molar-refractivity contribution >= 4 is 43.0 Å². The monoisotopic (exact) mass is 351 g/mol. The minimum absolute atomic E-state index is 0.644. The molecule has 84 valence electrons. The van der Waals surface area contributed by atoms with Crippen LogP contribution in [0, 0.1) is 0 Å². The van der Waals surface area contributed by atoms with Crippen molar-refractivity contribution in [2.45, 2.75) is 0 Å². The Labute approximate surface area is 115 Å². The largest absolute Gasteiger partial charge is 0.436 e. The zero-order chi connectivity index (χ0) is 11.8. The van der Waals surface area contributed by atoms with Crippen LogP contribution in [0.1, 0.15) is 0 Å². The summed E-state index contributed by atoms with van der Waals surface area (Å²) in [6.07, 6.45) is 0. The molecule has 0 radical (unpaired) electrons. The third-order valence-electron chi connectivity index (χ3n) is 2.44. The molecule has 0 bridgehead atoms. The standard InChI is InChI=1S/C13H7Br2NO/c14-9-3-1-8(2-4-9)13-16-11-6-5-10(15)7-12(11)17-13/h1-7H. The fourth-order valence-corrected chi connectivity index (χ4v) is 2.22. The molecule has 0 saturated heterocycles. The first kappa shape index (κ1) is 11.0. The van der Waals surface area contributed by atoms with Crippen LogP contribution in [0.4, 0.5) is 0 Å². The fourth-order valence-electron chi connectivity index (χ4n) is 1.61. The van der Waals surface area contributed by atoms with Gasteiger partial charge in [-0.15, -0.1) is 0 Å². The van der Waals surface area contributed by atoms with Crippen molar-refractivity contribution < 1.29 is 4.42 Å². The molecule has 4 heteroatoms. The van der Waals surface area contributed by atoms with Crippen LogP contribution in [0.2, 0.25) is 0 Å². The van der Waals surface area contributed by atoms with E-state index in [0.29, 0.717) is 5.89 Å². The maximum Gasteiger partial charge on any atom is 0.227 e. The van der Waals surface area contributed by atoms with Gasteiger partial charge in [-0.2, -0.15) is 0 Å². The van der Waals surface area contributed by atoms with Crippen molar-refractivity contribution in [3.63, 3.8) is 0 Å². The van der Waals surface area contributed by atoms with Gasteiger partial charge in [0, 0.05) is 14.5 Å². The first-order chi connectivity index (χ1) is 8.22. The number of fused-ring (bicyclic) bond motifs is 1. The van der Waals surface area contributed by atoms with Crippen LogP contribution in [0.15, 0.2) is 55.8 Å². The van der Waals surface area contributed by atoms with Crippen molar-refractivity contribution in [3.8, 4) is 11.5 Å². The second kappa shape index (κ2) is 4.27. The average Bonchev–Trinajstić information content (AvgIpc) is 2.72. The van der Waals surface area contributed by atoms with E-state index in [-0.39, 0.29) is 0 Å². The molecule has 3 aromatic rings. The van der Waals surface area contributed by atoms with Gasteiger partial charge in [-0.3, -0.25) is 0 Å². The predicted octanol–water partition coefficient (Wildman–Crippen LogP) is 5.02. The molecule has 2 aromatic carbocycles. The highest BCUT2D eigenvalue weighted by atomic mass is 79.9. The summed E-state index contributed by atoms with van der Waals surface area (Å²) in [5.74, 6) is 0.644. The Bertz CT molecular complexity index is 673. The Morgan fingerprint density at radius 2 is 1.59 bits per heavy atom. The van der Waals surface area contributed by atoms with E-state index in [1.54, 1.807) is 0 Å². The van der Waals surface area contributed by atoms with Gasteiger partial charge in [-0.1, -0.05) is 31.9 Å². The van der Waals surface area contributed by atoms with Gasteiger partial charge < -0.3 is 4.42 Å². The first-order valence-electron chi connectivity index (χ1n) is 5.04. The number of rotatable bonds is 1. The number of nitrogens with zero attached hydrogens (tertiary/aromatic N) is 1. The van der Waals surface area contributed by atoms with E-state index >= 15 is 0 Å². The molecule has 0 fully saturated rings. The molecule has 0 atom stereocenters. The third kappa shape index (κ3) is 2.15. The minimum Gasteiger partial charge on any atom is -0.436 e. The topological polar surface area (TPSA) is 26.0 Å². The van der Waals surface area contributed by atoms with Crippen LogP contribution in [0.5, 0.6) is 0 Å². The van der Waals surface area contributed by atoms with E-state index in [1.807, 2.05) is 42.5 Å². The SMILES string of the molecule is Brc1ccc(-c2nc3ccc(Br)cc3o2)cc1. The molecule has 0 aliphatic heterocycles. The number of aromatic nitrogens is 1. The van der Waals surface area contributed by atoms with Crippen LogP contribution in [-0.2, 0) is 0 Å². The molecule has 0 amide bonds. The Morgan fingerprint density at radius 3 is 2.35 bits per heavy atom. The Hall–Kier alpha value is -1.13. The summed E-state index contributed by atoms with van der Waals surface area (Å²) in [4.78, 5) is 4.45. The molecule has 2 nitrogen and oxygen atoms in total. The molecular formula is C13H7Br2NO. The summed E-state index contributed by atoms with van der Waals surface area (Å²) in [5, 5.41) is 0. The molecular weight excluding hydrogens is 346 g/mol. The number of hydrogen-bond donors (Lipinski definition) is 0. The van der Waals surface area contributed by atoms with E-state index in [1.165, 1.54) is 0 Å². The molecule has 1 heterocycles. The molecule has 3 rings (SSSR count). The highest BCUT2D eigenvalue weighted by Gasteiger charge is 2.07. The van der Waals surface area contributed by atoms with Crippen molar-refractivity contribution in [3.05, 3.63) is 51.4 Å². The third-order valence-corrected chi connectivity index (χ3v) is 3.46. The lowest BCUT2D eigenvalue weighted by Gasteiger charge is -1.94. The van der Waals surface area contributed by atoms with E-state index in [9.17, 15) is 0 Å². The van der Waals surface area contributed by atoms with Gasteiger partial charge in [0.15, 0.2) is 5.58 Å². The first-order valence-corrected chi connectivity index (χ1v) is 6.63. The van der Waals surface area contributed by atoms with Crippen molar-refractivity contribution in [2.75, 3.05) is 0 Å². The summed E-state index contributed by atoms with van der Waals surface area (Å²) in [6, 6.07) is 13.7. The van der Waals surface area contributed by atoms with Crippen LogP contribution in [0.25, 0.3) is 22.6 Å². The summed E-state index contributed by atoms with van der Waals surface area (Å²) >= 11 is 6.82. The van der Waals surface area contributed by atoms with Crippen LogP contribution in [0.3, 0.4) is 0 Å². The van der Waals surface area contributed by atoms with Gasteiger partial charge in [0.1, 0.15) is 5.52 Å². The Kier molecular flexibility index (Phi) is 2.76. The maximum absolute atomic E-state index is 5.72. The molecule has 17 heavy (non-hydrogen) atoms. The number of benzene rings is 2. The maximum atomic E-state index is 5.72. The van der Waals surface area contributed by atoms with Crippen molar-refractivity contribution in [2.24, 2.45) is 0 Å². The number of oxazole rings is 1. The Balaban J connectivity index is 2.14. The van der Waals surface area contributed by atoms with Gasteiger partial charge in [-0.25, -0.2) is 4.98 Å². The van der Waals surface area contributed by atoms with Crippen LogP contribution < -0.4 is 0 Å². The van der Waals surface area contributed by atoms with Crippen LogP contribution in [-0.4, -0.2) is 4.98 Å². The van der Waals surface area contributed by atoms with E-state index in [4.69, 9.17) is 4.42 Å². The lowest BCUT2D eigenvalue weighted by Crippen LogP contribution is -1.75. The van der Waals surface area contributed by atoms with Gasteiger partial charge in [0.05, 0.1) is 0 Å². The molecule has 0 saturated carbocycles. The van der Waals surface area contributed by atoms with Crippen molar-refractivity contribution in [1.29, 1.82) is 0 Å². The Morgan fingerprint density at radius 1 is 0.882 bits per heavy atom. The lowest BCUT2D eigenvalue weighted by molar-refractivity contribution is 0.619. The minimum atomic E-state index is 0.644. The quantitative estimate of drug-likeness (QED) is 0.614. The van der Waals surface area contributed by atoms with Crippen LogP contribution >= 0.6 is 31.9 Å². The highest BCUT2D eigenvalue weighted by molar-refractivity contribution is 9.10. The second-order valence-corrected chi connectivity index (χ2v) is 5.47. The van der Waals surface area contributed by atoms with Gasteiger partial charge in [-0.05, 0) is 42.5 Å². The van der Waals surface area contributed by atoms with Gasteiger partial charge >= 0.3 is 0 Å². The van der Waals surface area contributed by atoms with Gasteiger partial charge in [0.2, 0.25) is 5.89 Å². The summed E-state index contributed by atoms with van der Waals surface area (Å²) in [5.41, 5.74) is 2.63. The van der Waals surface area contributed by atoms with E-state index < -0.39 is 0 Å². The summed E-state index contributed by atoms with van der Waals surface area (Å²) < 4.78 is 7.75. The lowest BCUT2D eigenvalue weighted by atomic mass is 10.2. The molecule has 0 N–H and O–H groups in total. The smallest absolute Gasteiger partial charge is 0.227 e. The molecule has 0 aliphatic rings.